The highest BCUT2D eigenvalue weighted by Gasteiger charge is 2.33. The zero-order valence-corrected chi connectivity index (χ0v) is 14.4. The van der Waals surface area contributed by atoms with Crippen molar-refractivity contribution in [3.63, 3.8) is 0 Å². The number of rotatable bonds is 4. The second-order valence-corrected chi connectivity index (χ2v) is 7.96. The number of hydrogen-bond donors (Lipinski definition) is 2. The molecule has 0 fully saturated rings. The molecule has 0 saturated carbocycles. The molecule has 1 aliphatic rings. The van der Waals surface area contributed by atoms with Crippen molar-refractivity contribution in [3.8, 4) is 0 Å². The van der Waals surface area contributed by atoms with Gasteiger partial charge in [0.1, 0.15) is 11.6 Å². The van der Waals surface area contributed by atoms with Crippen LogP contribution in [0.2, 0.25) is 0 Å². The average molecular weight is 324 g/mol. The fourth-order valence-corrected chi connectivity index (χ4v) is 4.32. The van der Waals surface area contributed by atoms with E-state index in [4.69, 9.17) is 10.5 Å². The predicted octanol–water partition coefficient (Wildman–Crippen LogP) is 2.58. The molecule has 1 unspecified atom stereocenters. The van der Waals surface area contributed by atoms with E-state index >= 15 is 0 Å². The largest absolute Gasteiger partial charge is 0.375 e. The molecule has 5 nitrogen and oxygen atoms in total. The molecule has 3 N–H and O–H groups in total. The molecular formula is C16H24N2O3S. The van der Waals surface area contributed by atoms with Crippen molar-refractivity contribution in [1.29, 1.82) is 0 Å². The Morgan fingerprint density at radius 2 is 2.09 bits per heavy atom. The summed E-state index contributed by atoms with van der Waals surface area (Å²) in [6.45, 7) is 6.69. The van der Waals surface area contributed by atoms with Gasteiger partial charge in [0.2, 0.25) is 0 Å². The van der Waals surface area contributed by atoms with Crippen molar-refractivity contribution in [3.05, 3.63) is 16.0 Å². The van der Waals surface area contributed by atoms with Crippen molar-refractivity contribution in [2.45, 2.75) is 40.0 Å². The van der Waals surface area contributed by atoms with Crippen LogP contribution < -0.4 is 11.1 Å². The number of carbonyl (C=O) groups is 2. The topological polar surface area (TPSA) is 81.4 Å². The molecule has 1 heterocycles. The predicted molar refractivity (Wildman–Crippen MR) is 88.3 cm³/mol. The lowest BCUT2D eigenvalue weighted by Crippen LogP contribution is -2.27. The van der Waals surface area contributed by atoms with Crippen molar-refractivity contribution >= 4 is 28.2 Å². The fourth-order valence-electron chi connectivity index (χ4n) is 2.97. The van der Waals surface area contributed by atoms with Gasteiger partial charge in [0, 0.05) is 12.0 Å². The van der Waals surface area contributed by atoms with E-state index in [9.17, 15) is 9.59 Å². The van der Waals surface area contributed by atoms with E-state index in [0.29, 0.717) is 16.5 Å². The number of amides is 2. The van der Waals surface area contributed by atoms with E-state index in [2.05, 4.69) is 26.1 Å². The van der Waals surface area contributed by atoms with E-state index in [0.717, 1.165) is 24.8 Å². The van der Waals surface area contributed by atoms with Crippen LogP contribution in [0.5, 0.6) is 0 Å². The number of nitrogens with two attached hydrogens (primary N) is 1. The first kappa shape index (κ1) is 17.0. The lowest BCUT2D eigenvalue weighted by Gasteiger charge is -2.33. The summed E-state index contributed by atoms with van der Waals surface area (Å²) in [6, 6.07) is 0. The molecule has 0 bridgehead atoms. The normalized spacial score (nSPS) is 17.9. The quantitative estimate of drug-likeness (QED) is 0.893. The Hall–Kier alpha value is -1.40. The summed E-state index contributed by atoms with van der Waals surface area (Å²) in [5, 5.41) is 3.32. The average Bonchev–Trinajstić information content (AvgIpc) is 2.74. The van der Waals surface area contributed by atoms with Gasteiger partial charge in [-0.25, -0.2) is 0 Å². The second kappa shape index (κ2) is 6.38. The van der Waals surface area contributed by atoms with E-state index in [1.54, 1.807) is 0 Å². The highest BCUT2D eigenvalue weighted by atomic mass is 32.1. The van der Waals surface area contributed by atoms with Crippen molar-refractivity contribution in [2.75, 3.05) is 19.0 Å². The van der Waals surface area contributed by atoms with Crippen LogP contribution in [0.4, 0.5) is 5.00 Å². The minimum Gasteiger partial charge on any atom is -0.375 e. The van der Waals surface area contributed by atoms with Gasteiger partial charge in [-0.3, -0.25) is 9.59 Å². The number of thiophene rings is 1. The summed E-state index contributed by atoms with van der Waals surface area (Å²) in [5.41, 5.74) is 7.27. The molecule has 6 heteroatoms. The summed E-state index contributed by atoms with van der Waals surface area (Å²) in [4.78, 5) is 24.7. The molecule has 0 aliphatic heterocycles. The minimum atomic E-state index is -0.473. The lowest BCUT2D eigenvalue weighted by molar-refractivity contribution is -0.119. The van der Waals surface area contributed by atoms with Gasteiger partial charge in [0.05, 0.1) is 5.56 Å². The molecular weight excluding hydrogens is 300 g/mol. The molecule has 22 heavy (non-hydrogen) atoms. The molecule has 0 saturated heterocycles. The Labute approximate surface area is 135 Å². The van der Waals surface area contributed by atoms with E-state index in [1.165, 1.54) is 23.3 Å². The van der Waals surface area contributed by atoms with Gasteiger partial charge in [-0.1, -0.05) is 20.8 Å². The van der Waals surface area contributed by atoms with E-state index in [1.807, 2.05) is 0 Å². The summed E-state index contributed by atoms with van der Waals surface area (Å²) in [5.74, 6) is -0.169. The highest BCUT2D eigenvalue weighted by Crippen LogP contribution is 2.44. The highest BCUT2D eigenvalue weighted by molar-refractivity contribution is 7.17. The summed E-state index contributed by atoms with van der Waals surface area (Å²) >= 11 is 1.48. The lowest BCUT2D eigenvalue weighted by atomic mass is 9.72. The van der Waals surface area contributed by atoms with Gasteiger partial charge in [0.25, 0.3) is 11.8 Å². The molecule has 1 aromatic rings. The smallest absolute Gasteiger partial charge is 0.251 e. The van der Waals surface area contributed by atoms with Crippen LogP contribution in [0, 0.1) is 11.3 Å². The van der Waals surface area contributed by atoms with Gasteiger partial charge in [-0.15, -0.1) is 11.3 Å². The first-order valence-corrected chi connectivity index (χ1v) is 8.28. The summed E-state index contributed by atoms with van der Waals surface area (Å²) in [7, 11) is 1.46. The third-order valence-electron chi connectivity index (χ3n) is 4.26. The number of ether oxygens (including phenoxy) is 1. The number of anilines is 1. The first-order chi connectivity index (χ1) is 10.2. The monoisotopic (exact) mass is 324 g/mol. The Bertz CT molecular complexity index is 587. The van der Waals surface area contributed by atoms with Gasteiger partial charge < -0.3 is 15.8 Å². The van der Waals surface area contributed by atoms with Gasteiger partial charge in [-0.05, 0) is 36.2 Å². The number of primary amides is 1. The van der Waals surface area contributed by atoms with Gasteiger partial charge in [-0.2, -0.15) is 0 Å². The third kappa shape index (κ3) is 3.50. The van der Waals surface area contributed by atoms with Crippen LogP contribution in [0.3, 0.4) is 0 Å². The number of fused-ring (bicyclic) bond motifs is 1. The van der Waals surface area contributed by atoms with Crippen molar-refractivity contribution in [2.24, 2.45) is 17.1 Å². The maximum absolute atomic E-state index is 11.8. The molecule has 1 aromatic heterocycles. The molecule has 0 radical (unpaired) electrons. The molecule has 122 valence electrons. The van der Waals surface area contributed by atoms with Crippen LogP contribution in [0.1, 0.15) is 48.0 Å². The zero-order valence-electron chi connectivity index (χ0n) is 13.6. The molecule has 1 atom stereocenters. The SMILES string of the molecule is COCC(=O)Nc1sc2c(c1C(N)=O)CCC(C(C)(C)C)C2. The first-order valence-electron chi connectivity index (χ1n) is 7.47. The third-order valence-corrected chi connectivity index (χ3v) is 5.43. The maximum Gasteiger partial charge on any atom is 0.251 e. The molecule has 0 spiro atoms. The summed E-state index contributed by atoms with van der Waals surface area (Å²) in [6.07, 6.45) is 2.81. The Morgan fingerprint density at radius 1 is 1.41 bits per heavy atom. The maximum atomic E-state index is 11.8. The number of nitrogens with one attached hydrogen (secondary N) is 1. The van der Waals surface area contributed by atoms with Crippen LogP contribution in [-0.2, 0) is 22.4 Å². The van der Waals surface area contributed by atoms with E-state index < -0.39 is 5.91 Å². The Morgan fingerprint density at radius 3 is 2.64 bits per heavy atom. The van der Waals surface area contributed by atoms with Crippen molar-refractivity contribution < 1.29 is 14.3 Å². The van der Waals surface area contributed by atoms with Crippen molar-refractivity contribution in [1.82, 2.24) is 0 Å². The summed E-state index contributed by atoms with van der Waals surface area (Å²) < 4.78 is 4.82. The number of hydrogen-bond acceptors (Lipinski definition) is 4. The fraction of sp³-hybridized carbons (Fsp3) is 0.625. The van der Waals surface area contributed by atoms with Crippen LogP contribution in [0.15, 0.2) is 0 Å². The van der Waals surface area contributed by atoms with Gasteiger partial charge in [0.15, 0.2) is 0 Å². The Kier molecular flexibility index (Phi) is 4.92. The van der Waals surface area contributed by atoms with Crippen LogP contribution in [-0.4, -0.2) is 25.5 Å². The standard InChI is InChI=1S/C16H24N2O3S/c1-16(2,3)9-5-6-10-11(7-9)22-15(13(10)14(17)20)18-12(19)8-21-4/h9H,5-8H2,1-4H3,(H2,17,20)(H,18,19). The van der Waals surface area contributed by atoms with Gasteiger partial charge >= 0.3 is 0 Å². The number of carbonyl (C=O) groups excluding carboxylic acids is 2. The zero-order chi connectivity index (χ0) is 16.5. The minimum absolute atomic E-state index is 0.0363. The molecule has 1 aliphatic carbocycles. The molecule has 2 amide bonds. The van der Waals surface area contributed by atoms with E-state index in [-0.39, 0.29) is 17.9 Å². The van der Waals surface area contributed by atoms with Crippen LogP contribution >= 0.6 is 11.3 Å². The number of methoxy groups -OCH3 is 1. The molecule has 0 aromatic carbocycles. The van der Waals surface area contributed by atoms with Crippen LogP contribution in [0.25, 0.3) is 0 Å². The second-order valence-electron chi connectivity index (χ2n) is 6.86. The molecule has 2 rings (SSSR count). The Balaban J connectivity index is 2.32.